The Morgan fingerprint density at radius 1 is 1.29 bits per heavy atom. The van der Waals surface area contributed by atoms with Crippen molar-refractivity contribution in [1.29, 1.82) is 0 Å². The van der Waals surface area contributed by atoms with Gasteiger partial charge in [0, 0.05) is 0 Å². The fourth-order valence-corrected chi connectivity index (χ4v) is 5.09. The Bertz CT molecular complexity index is 244. The maximum atomic E-state index is 2.53. The largest absolute Gasteiger partial charge is 0.0654 e. The van der Waals surface area contributed by atoms with Gasteiger partial charge in [0.25, 0.3) is 0 Å². The van der Waals surface area contributed by atoms with E-state index in [9.17, 15) is 0 Å². The van der Waals surface area contributed by atoms with Crippen LogP contribution in [0.5, 0.6) is 0 Å². The number of hydrogen-bond donors (Lipinski definition) is 0. The van der Waals surface area contributed by atoms with Crippen LogP contribution in [0.1, 0.15) is 52.9 Å². The van der Waals surface area contributed by atoms with Crippen molar-refractivity contribution in [2.24, 2.45) is 35.0 Å². The molecule has 0 spiro atoms. The van der Waals surface area contributed by atoms with E-state index in [0.717, 1.165) is 17.3 Å². The highest BCUT2D eigenvalue weighted by atomic mass is 14.8. The van der Waals surface area contributed by atoms with Crippen LogP contribution in [0.4, 0.5) is 0 Å². The molecule has 3 fully saturated rings. The zero-order valence-electron chi connectivity index (χ0n) is 9.92. The summed E-state index contributed by atoms with van der Waals surface area (Å²) in [6.45, 7) is 7.26. The van der Waals surface area contributed by atoms with Crippen molar-refractivity contribution < 1.29 is 0 Å². The van der Waals surface area contributed by atoms with Crippen LogP contribution < -0.4 is 0 Å². The molecule has 0 aromatic carbocycles. The van der Waals surface area contributed by atoms with Crippen LogP contribution in [0.15, 0.2) is 0 Å². The highest BCUT2D eigenvalue weighted by Gasteiger charge is 2.77. The molecule has 0 aromatic rings. The lowest BCUT2D eigenvalue weighted by Gasteiger charge is -2.15. The Hall–Kier alpha value is 0. The van der Waals surface area contributed by atoms with Gasteiger partial charge in [-0.2, -0.15) is 0 Å². The third-order valence-electron chi connectivity index (χ3n) is 5.90. The molecule has 0 bridgehead atoms. The minimum absolute atomic E-state index is 0.872. The molecule has 0 aliphatic heterocycles. The SMILES string of the molecule is CCCCC12CC3C(CC)C3C1C2C. The van der Waals surface area contributed by atoms with E-state index in [-0.39, 0.29) is 0 Å². The predicted molar refractivity (Wildman–Crippen MR) is 60.0 cm³/mol. The minimum atomic E-state index is 0.872. The van der Waals surface area contributed by atoms with Gasteiger partial charge in [0.1, 0.15) is 0 Å². The first kappa shape index (κ1) is 9.24. The van der Waals surface area contributed by atoms with Gasteiger partial charge in [0.2, 0.25) is 0 Å². The Morgan fingerprint density at radius 2 is 2.07 bits per heavy atom. The molecular weight excluding hydrogens is 168 g/mol. The van der Waals surface area contributed by atoms with E-state index in [1.807, 2.05) is 0 Å². The van der Waals surface area contributed by atoms with Crippen LogP contribution in [0.3, 0.4) is 0 Å². The van der Waals surface area contributed by atoms with Crippen molar-refractivity contribution in [2.75, 3.05) is 0 Å². The Labute approximate surface area is 88.5 Å². The van der Waals surface area contributed by atoms with Crippen LogP contribution in [0, 0.1) is 35.0 Å². The second-order valence-corrected chi connectivity index (χ2v) is 6.17. The quantitative estimate of drug-likeness (QED) is 0.629. The summed E-state index contributed by atoms with van der Waals surface area (Å²) in [7, 11) is 0. The van der Waals surface area contributed by atoms with Crippen molar-refractivity contribution in [3.63, 3.8) is 0 Å². The molecule has 80 valence electrons. The Kier molecular flexibility index (Phi) is 1.83. The van der Waals surface area contributed by atoms with E-state index in [4.69, 9.17) is 0 Å². The predicted octanol–water partition coefficient (Wildman–Crippen LogP) is 4.10. The van der Waals surface area contributed by atoms with Gasteiger partial charge in [0.05, 0.1) is 0 Å². The van der Waals surface area contributed by atoms with Gasteiger partial charge >= 0.3 is 0 Å². The van der Waals surface area contributed by atoms with Crippen molar-refractivity contribution in [3.8, 4) is 0 Å². The highest BCUT2D eigenvalue weighted by molar-refractivity contribution is 5.25. The number of fused-ring (bicyclic) bond motifs is 3. The zero-order valence-corrected chi connectivity index (χ0v) is 9.92. The number of rotatable bonds is 4. The second kappa shape index (κ2) is 2.77. The number of hydrogen-bond acceptors (Lipinski definition) is 0. The molecule has 0 heteroatoms. The summed E-state index contributed by atoms with van der Waals surface area (Å²) in [5.74, 6) is 5.78. The molecule has 0 radical (unpaired) electrons. The monoisotopic (exact) mass is 192 g/mol. The van der Waals surface area contributed by atoms with Crippen LogP contribution in [0.25, 0.3) is 0 Å². The minimum Gasteiger partial charge on any atom is -0.0654 e. The summed E-state index contributed by atoms with van der Waals surface area (Å²) in [6, 6.07) is 0. The standard InChI is InChI=1S/C14H24/c1-4-6-7-14-8-11-10(5-2)12(11)13(14)9(14)3/h9-13H,4-8H2,1-3H3. The van der Waals surface area contributed by atoms with Gasteiger partial charge in [-0.05, 0) is 47.8 Å². The van der Waals surface area contributed by atoms with E-state index >= 15 is 0 Å². The first-order valence-electron chi connectivity index (χ1n) is 6.76. The van der Waals surface area contributed by atoms with Crippen molar-refractivity contribution in [1.82, 2.24) is 0 Å². The first-order valence-corrected chi connectivity index (χ1v) is 6.76. The van der Waals surface area contributed by atoms with Gasteiger partial charge in [-0.1, -0.05) is 40.0 Å². The van der Waals surface area contributed by atoms with Gasteiger partial charge < -0.3 is 0 Å². The summed E-state index contributed by atoms with van der Waals surface area (Å²) in [6.07, 6.45) is 7.51. The molecule has 3 aliphatic carbocycles. The third-order valence-corrected chi connectivity index (χ3v) is 5.90. The lowest BCUT2D eigenvalue weighted by atomic mass is 9.90. The molecular formula is C14H24. The van der Waals surface area contributed by atoms with Crippen LogP contribution in [-0.4, -0.2) is 0 Å². The van der Waals surface area contributed by atoms with Gasteiger partial charge in [-0.25, -0.2) is 0 Å². The average Bonchev–Trinajstić information content (AvgIpc) is 2.97. The summed E-state index contributed by atoms with van der Waals surface area (Å²) in [4.78, 5) is 0. The summed E-state index contributed by atoms with van der Waals surface area (Å²) in [5, 5.41) is 0. The molecule has 14 heavy (non-hydrogen) atoms. The molecule has 6 unspecified atom stereocenters. The van der Waals surface area contributed by atoms with Crippen LogP contribution in [0.2, 0.25) is 0 Å². The second-order valence-electron chi connectivity index (χ2n) is 6.17. The zero-order chi connectivity index (χ0) is 9.92. The van der Waals surface area contributed by atoms with Crippen LogP contribution in [-0.2, 0) is 0 Å². The Morgan fingerprint density at radius 3 is 2.64 bits per heavy atom. The molecule has 3 saturated carbocycles. The topological polar surface area (TPSA) is 0 Å². The van der Waals surface area contributed by atoms with E-state index in [1.165, 1.54) is 37.0 Å². The molecule has 0 aromatic heterocycles. The van der Waals surface area contributed by atoms with Crippen molar-refractivity contribution in [3.05, 3.63) is 0 Å². The van der Waals surface area contributed by atoms with Crippen LogP contribution >= 0.6 is 0 Å². The van der Waals surface area contributed by atoms with Gasteiger partial charge in [0.15, 0.2) is 0 Å². The summed E-state index contributed by atoms with van der Waals surface area (Å²) >= 11 is 0. The lowest BCUT2D eigenvalue weighted by Crippen LogP contribution is -2.05. The molecule has 0 nitrogen and oxygen atoms in total. The maximum absolute atomic E-state index is 2.53. The van der Waals surface area contributed by atoms with Crippen molar-refractivity contribution in [2.45, 2.75) is 52.9 Å². The maximum Gasteiger partial charge on any atom is -0.0232 e. The smallest absolute Gasteiger partial charge is 0.0232 e. The number of unbranched alkanes of at least 4 members (excludes halogenated alkanes) is 1. The van der Waals surface area contributed by atoms with Gasteiger partial charge in [-0.15, -0.1) is 0 Å². The van der Waals surface area contributed by atoms with E-state index in [1.54, 1.807) is 12.8 Å². The molecule has 0 amide bonds. The fourth-order valence-electron chi connectivity index (χ4n) is 5.09. The lowest BCUT2D eigenvalue weighted by molar-refractivity contribution is 0.350. The highest BCUT2D eigenvalue weighted by Crippen LogP contribution is 2.83. The van der Waals surface area contributed by atoms with E-state index < -0.39 is 0 Å². The third kappa shape index (κ3) is 0.907. The molecule has 0 saturated heterocycles. The summed E-state index contributed by atoms with van der Waals surface area (Å²) in [5.41, 5.74) is 0.872. The Balaban J connectivity index is 1.66. The molecule has 3 aliphatic rings. The summed E-state index contributed by atoms with van der Waals surface area (Å²) < 4.78 is 0. The molecule has 0 heterocycles. The molecule has 6 atom stereocenters. The molecule has 0 N–H and O–H groups in total. The van der Waals surface area contributed by atoms with E-state index in [2.05, 4.69) is 20.8 Å². The fraction of sp³-hybridized carbons (Fsp3) is 1.00. The van der Waals surface area contributed by atoms with E-state index in [0.29, 0.717) is 0 Å². The van der Waals surface area contributed by atoms with Crippen molar-refractivity contribution >= 4 is 0 Å². The normalized spacial score (nSPS) is 58.1. The van der Waals surface area contributed by atoms with Gasteiger partial charge in [-0.3, -0.25) is 0 Å². The first-order chi connectivity index (χ1) is 6.76. The average molecular weight is 192 g/mol. The molecule has 3 rings (SSSR count).